The first-order valence-electron chi connectivity index (χ1n) is 16.4. The van der Waals surface area contributed by atoms with Gasteiger partial charge in [0.1, 0.15) is 22.8 Å². The predicted molar refractivity (Wildman–Crippen MR) is 190 cm³/mol. The molecule has 3 heterocycles. The maximum atomic E-state index is 13.7. The van der Waals surface area contributed by atoms with Crippen molar-refractivity contribution in [2.75, 3.05) is 62.3 Å². The van der Waals surface area contributed by atoms with Crippen LogP contribution in [0.25, 0.3) is 11.0 Å². The van der Waals surface area contributed by atoms with Crippen LogP contribution in [0.2, 0.25) is 0 Å². The van der Waals surface area contributed by atoms with Crippen LogP contribution >= 0.6 is 0 Å². The van der Waals surface area contributed by atoms with Crippen molar-refractivity contribution in [2.45, 2.75) is 50.6 Å². The van der Waals surface area contributed by atoms with Gasteiger partial charge in [0, 0.05) is 54.6 Å². The van der Waals surface area contributed by atoms with Crippen molar-refractivity contribution in [1.29, 1.82) is 0 Å². The molecule has 12 heteroatoms. The Bertz CT molecular complexity index is 1810. The van der Waals surface area contributed by atoms with Crippen LogP contribution in [-0.2, 0) is 4.79 Å². The summed E-state index contributed by atoms with van der Waals surface area (Å²) < 4.78 is 13.2. The van der Waals surface area contributed by atoms with Crippen molar-refractivity contribution in [3.05, 3.63) is 67.0 Å². The molecule has 2 aliphatic rings. The third-order valence-electron chi connectivity index (χ3n) is 9.37. The van der Waals surface area contributed by atoms with E-state index < -0.39 is 0 Å². The van der Waals surface area contributed by atoms with Crippen molar-refractivity contribution in [2.24, 2.45) is 0 Å². The Morgan fingerprint density at radius 3 is 2.44 bits per heavy atom. The molecule has 1 aliphatic carbocycles. The second-order valence-corrected chi connectivity index (χ2v) is 12.6. The molecule has 12 nitrogen and oxygen atoms in total. The molecule has 0 atom stereocenters. The highest BCUT2D eigenvalue weighted by Crippen LogP contribution is 2.40. The SMILES string of the molecule is C=CC(=O)Nc1cc(Nc2ncc3cc(C(=O)Nc4cccc(OC)c4)n(C4CCCC4)c3n2)c(OC)cc1N1CCC(N(C)C)CC1. The summed E-state index contributed by atoms with van der Waals surface area (Å²) >= 11 is 0. The average molecular weight is 653 g/mol. The number of methoxy groups -OCH3 is 2. The van der Waals surface area contributed by atoms with Crippen molar-refractivity contribution in [3.8, 4) is 11.5 Å². The summed E-state index contributed by atoms with van der Waals surface area (Å²) in [6.07, 6.45) is 9.12. The molecule has 0 radical (unpaired) electrons. The molecule has 3 N–H and O–H groups in total. The van der Waals surface area contributed by atoms with E-state index in [1.54, 1.807) is 26.5 Å². The molecule has 0 spiro atoms. The van der Waals surface area contributed by atoms with E-state index in [4.69, 9.17) is 14.5 Å². The van der Waals surface area contributed by atoms with Crippen LogP contribution < -0.4 is 30.3 Å². The summed E-state index contributed by atoms with van der Waals surface area (Å²) in [7, 11) is 7.44. The molecule has 1 saturated heterocycles. The molecule has 2 aromatic heterocycles. The highest BCUT2D eigenvalue weighted by atomic mass is 16.5. The van der Waals surface area contributed by atoms with Gasteiger partial charge >= 0.3 is 0 Å². The van der Waals surface area contributed by atoms with E-state index in [1.165, 1.54) is 6.08 Å². The molecule has 0 bridgehead atoms. The summed E-state index contributed by atoms with van der Waals surface area (Å²) in [5.74, 6) is 1.07. The lowest BCUT2D eigenvalue weighted by Crippen LogP contribution is -2.42. The Kier molecular flexibility index (Phi) is 9.81. The zero-order valence-electron chi connectivity index (χ0n) is 28.1. The Morgan fingerprint density at radius 2 is 1.75 bits per heavy atom. The van der Waals surface area contributed by atoms with Gasteiger partial charge in [-0.2, -0.15) is 4.98 Å². The number of aromatic nitrogens is 3. The van der Waals surface area contributed by atoms with Gasteiger partial charge in [-0.3, -0.25) is 9.59 Å². The number of hydrogen-bond acceptors (Lipinski definition) is 9. The van der Waals surface area contributed by atoms with E-state index >= 15 is 0 Å². The Hall–Kier alpha value is -5.10. The van der Waals surface area contributed by atoms with Crippen molar-refractivity contribution >= 4 is 51.5 Å². The van der Waals surface area contributed by atoms with E-state index in [-0.39, 0.29) is 17.9 Å². The molecule has 6 rings (SSSR count). The number of piperidine rings is 1. The van der Waals surface area contributed by atoms with Crippen molar-refractivity contribution < 1.29 is 19.1 Å². The standard InChI is InChI=1S/C36H44N8O4/c1-6-33(45)39-28-20-29(32(48-5)21-30(28)43-16-14-25(15-17-43)42(2)3)40-36-37-22-23-18-31(44(34(23)41-36)26-11-7-8-12-26)35(46)38-24-10-9-13-27(19-24)47-4/h6,9-10,13,18-22,25-26H,1,7-8,11-12,14-17H2,2-5H3,(H,38,46)(H,39,45)(H,37,40,41). The number of nitrogens with one attached hydrogen (secondary N) is 3. The molecule has 4 aromatic rings. The minimum Gasteiger partial charge on any atom is -0.497 e. The number of carbonyl (C=O) groups excluding carboxylic acids is 2. The van der Waals surface area contributed by atoms with E-state index in [1.807, 2.05) is 36.4 Å². The number of nitrogens with zero attached hydrogens (tertiary/aromatic N) is 5. The van der Waals surface area contributed by atoms with Crippen LogP contribution in [0.15, 0.2) is 61.3 Å². The average Bonchev–Trinajstić information content (AvgIpc) is 3.76. The first-order valence-corrected chi connectivity index (χ1v) is 16.4. The Morgan fingerprint density at radius 1 is 0.979 bits per heavy atom. The van der Waals surface area contributed by atoms with Crippen LogP contribution in [0.5, 0.6) is 11.5 Å². The number of benzene rings is 2. The molecule has 2 fully saturated rings. The fourth-order valence-electron chi connectivity index (χ4n) is 6.80. The predicted octanol–water partition coefficient (Wildman–Crippen LogP) is 6.21. The summed E-state index contributed by atoms with van der Waals surface area (Å²) in [6.45, 7) is 5.34. The first-order chi connectivity index (χ1) is 23.3. The second kappa shape index (κ2) is 14.3. The monoisotopic (exact) mass is 652 g/mol. The maximum Gasteiger partial charge on any atom is 0.272 e. The van der Waals surface area contributed by atoms with Gasteiger partial charge < -0.3 is 39.8 Å². The largest absolute Gasteiger partial charge is 0.497 e. The van der Waals surface area contributed by atoms with Gasteiger partial charge in [0.2, 0.25) is 11.9 Å². The first kappa shape index (κ1) is 32.8. The molecule has 252 valence electrons. The topological polar surface area (TPSA) is 126 Å². The number of carbonyl (C=O) groups is 2. The highest BCUT2D eigenvalue weighted by molar-refractivity contribution is 6.06. The van der Waals surface area contributed by atoms with Gasteiger partial charge in [-0.05, 0) is 70.1 Å². The molecular formula is C36H44N8O4. The van der Waals surface area contributed by atoms with Crippen LogP contribution in [0.3, 0.4) is 0 Å². The van der Waals surface area contributed by atoms with Crippen LogP contribution in [0.4, 0.5) is 28.7 Å². The Balaban J connectivity index is 1.34. The quantitative estimate of drug-likeness (QED) is 0.162. The van der Waals surface area contributed by atoms with Crippen molar-refractivity contribution in [3.63, 3.8) is 0 Å². The van der Waals surface area contributed by atoms with Crippen LogP contribution in [0, 0.1) is 0 Å². The number of anilines is 5. The van der Waals surface area contributed by atoms with Crippen molar-refractivity contribution in [1.82, 2.24) is 19.4 Å². The lowest BCUT2D eigenvalue weighted by Gasteiger charge is -2.37. The highest BCUT2D eigenvalue weighted by Gasteiger charge is 2.27. The summed E-state index contributed by atoms with van der Waals surface area (Å²) in [5, 5.41) is 10.1. The van der Waals surface area contributed by atoms with Gasteiger partial charge in [0.15, 0.2) is 0 Å². The fraction of sp³-hybridized carbons (Fsp3) is 0.389. The minimum atomic E-state index is -0.303. The number of rotatable bonds is 11. The van der Waals surface area contributed by atoms with E-state index in [0.717, 1.165) is 62.7 Å². The molecule has 2 aromatic carbocycles. The van der Waals surface area contributed by atoms with Gasteiger partial charge in [-0.25, -0.2) is 4.98 Å². The van der Waals surface area contributed by atoms with Crippen LogP contribution in [-0.4, -0.2) is 78.7 Å². The number of fused-ring (bicyclic) bond motifs is 1. The number of amides is 2. The number of ether oxygens (including phenoxy) is 2. The van der Waals surface area contributed by atoms with E-state index in [9.17, 15) is 9.59 Å². The molecule has 2 amide bonds. The van der Waals surface area contributed by atoms with Gasteiger partial charge in [-0.15, -0.1) is 0 Å². The molecular weight excluding hydrogens is 608 g/mol. The third-order valence-corrected chi connectivity index (χ3v) is 9.37. The maximum absolute atomic E-state index is 13.7. The molecule has 1 saturated carbocycles. The minimum absolute atomic E-state index is 0.141. The lowest BCUT2D eigenvalue weighted by molar-refractivity contribution is -0.111. The zero-order chi connectivity index (χ0) is 33.8. The fourth-order valence-corrected chi connectivity index (χ4v) is 6.80. The van der Waals surface area contributed by atoms with Gasteiger partial charge in [0.25, 0.3) is 5.91 Å². The molecule has 1 aliphatic heterocycles. The molecule has 48 heavy (non-hydrogen) atoms. The van der Waals surface area contributed by atoms with Gasteiger partial charge in [0.05, 0.1) is 31.3 Å². The zero-order valence-corrected chi connectivity index (χ0v) is 28.1. The van der Waals surface area contributed by atoms with Gasteiger partial charge in [-0.1, -0.05) is 25.5 Å². The summed E-state index contributed by atoms with van der Waals surface area (Å²) in [5.41, 5.74) is 3.96. The summed E-state index contributed by atoms with van der Waals surface area (Å²) in [6, 6.07) is 13.6. The van der Waals surface area contributed by atoms with Crippen LogP contribution in [0.1, 0.15) is 55.1 Å². The molecule has 0 unspecified atom stereocenters. The summed E-state index contributed by atoms with van der Waals surface area (Å²) in [4.78, 5) is 40.3. The third kappa shape index (κ3) is 6.93. The number of hydrogen-bond donors (Lipinski definition) is 3. The normalized spacial score (nSPS) is 15.5. The lowest BCUT2D eigenvalue weighted by atomic mass is 10.0. The Labute approximate surface area is 281 Å². The second-order valence-electron chi connectivity index (χ2n) is 12.6. The smallest absolute Gasteiger partial charge is 0.272 e. The van der Waals surface area contributed by atoms with E-state index in [0.29, 0.717) is 51.9 Å². The van der Waals surface area contributed by atoms with E-state index in [2.05, 4.69) is 56.0 Å².